The molecule has 0 aliphatic heterocycles. The molecule has 0 aliphatic rings. The van der Waals surface area contributed by atoms with Gasteiger partial charge in [0.25, 0.3) is 0 Å². The Morgan fingerprint density at radius 2 is 1.86 bits per heavy atom. The van der Waals surface area contributed by atoms with Crippen molar-refractivity contribution in [2.45, 2.75) is 4.90 Å². The fourth-order valence-corrected chi connectivity index (χ4v) is 2.58. The van der Waals surface area contributed by atoms with Crippen LogP contribution in [0.5, 0.6) is 0 Å². The molecule has 0 fully saturated rings. The van der Waals surface area contributed by atoms with Crippen LogP contribution in [0.15, 0.2) is 48.0 Å². The van der Waals surface area contributed by atoms with Crippen LogP contribution in [0.3, 0.4) is 0 Å². The minimum absolute atomic E-state index is 0.184. The van der Waals surface area contributed by atoms with E-state index < -0.39 is 10.0 Å². The van der Waals surface area contributed by atoms with Crippen LogP contribution in [0.2, 0.25) is 0 Å². The SMILES string of the molecule is C=C(c1ccc(S(=O)(=O)NC)cc1)c1cc(N)ncc1N. The summed E-state index contributed by atoms with van der Waals surface area (Å²) in [6.07, 6.45) is 1.47. The van der Waals surface area contributed by atoms with Gasteiger partial charge < -0.3 is 11.5 Å². The summed E-state index contributed by atoms with van der Waals surface area (Å²) < 4.78 is 25.6. The Balaban J connectivity index is 2.39. The average molecular weight is 304 g/mol. The van der Waals surface area contributed by atoms with Crippen molar-refractivity contribution >= 4 is 27.1 Å². The van der Waals surface area contributed by atoms with E-state index in [1.807, 2.05) is 0 Å². The number of nitrogens with two attached hydrogens (primary N) is 2. The zero-order valence-corrected chi connectivity index (χ0v) is 12.3. The number of pyridine rings is 1. The second-order valence-electron chi connectivity index (χ2n) is 4.41. The number of hydrogen-bond donors (Lipinski definition) is 3. The highest BCUT2D eigenvalue weighted by Gasteiger charge is 2.12. The van der Waals surface area contributed by atoms with Crippen LogP contribution >= 0.6 is 0 Å². The summed E-state index contributed by atoms with van der Waals surface area (Å²) in [5.74, 6) is 0.342. The van der Waals surface area contributed by atoms with Crippen LogP contribution in [0, 0.1) is 0 Å². The summed E-state index contributed by atoms with van der Waals surface area (Å²) in [5.41, 5.74) is 14.0. The number of benzene rings is 1. The maximum atomic E-state index is 11.7. The molecule has 5 N–H and O–H groups in total. The number of hydrogen-bond acceptors (Lipinski definition) is 5. The zero-order valence-electron chi connectivity index (χ0n) is 11.5. The van der Waals surface area contributed by atoms with E-state index in [0.29, 0.717) is 22.6 Å². The smallest absolute Gasteiger partial charge is 0.240 e. The summed E-state index contributed by atoms with van der Waals surface area (Å²) in [7, 11) is -2.09. The van der Waals surface area contributed by atoms with Crippen LogP contribution in [0.1, 0.15) is 11.1 Å². The predicted octanol–water partition coefficient (Wildman–Crippen LogP) is 1.22. The quantitative estimate of drug-likeness (QED) is 0.786. The molecule has 0 spiro atoms. The summed E-state index contributed by atoms with van der Waals surface area (Å²) in [5, 5.41) is 0. The molecule has 1 aromatic heterocycles. The molecule has 0 aliphatic carbocycles. The zero-order chi connectivity index (χ0) is 15.6. The van der Waals surface area contributed by atoms with Gasteiger partial charge in [-0.3, -0.25) is 0 Å². The van der Waals surface area contributed by atoms with Crippen molar-refractivity contribution in [1.29, 1.82) is 0 Å². The van der Waals surface area contributed by atoms with Crippen molar-refractivity contribution in [1.82, 2.24) is 9.71 Å². The summed E-state index contributed by atoms with van der Waals surface area (Å²) in [6, 6.07) is 7.99. The molecule has 1 heterocycles. The maximum Gasteiger partial charge on any atom is 0.240 e. The van der Waals surface area contributed by atoms with Gasteiger partial charge in [-0.2, -0.15) is 0 Å². The van der Waals surface area contributed by atoms with Gasteiger partial charge in [-0.05, 0) is 36.4 Å². The molecule has 0 unspecified atom stereocenters. The van der Waals surface area contributed by atoms with E-state index >= 15 is 0 Å². The molecule has 0 amide bonds. The molecular weight excluding hydrogens is 288 g/mol. The number of sulfonamides is 1. The van der Waals surface area contributed by atoms with Crippen molar-refractivity contribution < 1.29 is 8.42 Å². The van der Waals surface area contributed by atoms with Crippen molar-refractivity contribution in [3.05, 3.63) is 54.2 Å². The Morgan fingerprint density at radius 1 is 1.24 bits per heavy atom. The maximum absolute atomic E-state index is 11.7. The van der Waals surface area contributed by atoms with Crippen LogP contribution in [0.4, 0.5) is 11.5 Å². The lowest BCUT2D eigenvalue weighted by atomic mass is 9.99. The summed E-state index contributed by atoms with van der Waals surface area (Å²) in [6.45, 7) is 3.98. The Bertz CT molecular complexity index is 783. The molecule has 0 saturated carbocycles. The third-order valence-corrected chi connectivity index (χ3v) is 4.49. The van der Waals surface area contributed by atoms with Gasteiger partial charge in [-0.25, -0.2) is 18.1 Å². The highest BCUT2D eigenvalue weighted by atomic mass is 32.2. The monoisotopic (exact) mass is 304 g/mol. The molecule has 0 saturated heterocycles. The van der Waals surface area contributed by atoms with Crippen LogP contribution in [0.25, 0.3) is 5.57 Å². The lowest BCUT2D eigenvalue weighted by Gasteiger charge is -2.10. The van der Waals surface area contributed by atoms with Gasteiger partial charge in [-0.1, -0.05) is 18.7 Å². The molecule has 0 atom stereocenters. The first-order valence-corrected chi connectivity index (χ1v) is 7.57. The van der Waals surface area contributed by atoms with Crippen LogP contribution in [-0.2, 0) is 10.0 Å². The van der Waals surface area contributed by atoms with Gasteiger partial charge >= 0.3 is 0 Å². The first kappa shape index (κ1) is 15.0. The fourth-order valence-electron chi connectivity index (χ4n) is 1.85. The normalized spacial score (nSPS) is 11.3. The van der Waals surface area contributed by atoms with Crippen LogP contribution < -0.4 is 16.2 Å². The third-order valence-electron chi connectivity index (χ3n) is 3.06. The van der Waals surface area contributed by atoms with E-state index in [-0.39, 0.29) is 4.90 Å². The Morgan fingerprint density at radius 3 is 2.43 bits per heavy atom. The first-order chi connectivity index (χ1) is 9.85. The second-order valence-corrected chi connectivity index (χ2v) is 6.29. The van der Waals surface area contributed by atoms with Gasteiger partial charge in [0.15, 0.2) is 0 Å². The number of aromatic nitrogens is 1. The van der Waals surface area contributed by atoms with Gasteiger partial charge in [0.05, 0.1) is 16.8 Å². The van der Waals surface area contributed by atoms with Gasteiger partial charge in [0.1, 0.15) is 5.82 Å². The molecule has 2 aromatic rings. The Labute approximate surface area is 123 Å². The standard InChI is InChI=1S/C14H16N4O2S/c1-9(12-7-14(16)18-8-13(12)15)10-3-5-11(6-4-10)21(19,20)17-2/h3-8,17H,1,15H2,2H3,(H2,16,18). The number of nitrogen functional groups attached to an aromatic ring is 2. The number of anilines is 2. The van der Waals surface area contributed by atoms with E-state index in [1.54, 1.807) is 18.2 Å². The lowest BCUT2D eigenvalue weighted by molar-refractivity contribution is 0.588. The number of nitrogens with one attached hydrogen (secondary N) is 1. The molecule has 21 heavy (non-hydrogen) atoms. The molecular formula is C14H16N4O2S. The van der Waals surface area contributed by atoms with Gasteiger partial charge in [0.2, 0.25) is 10.0 Å². The van der Waals surface area contributed by atoms with E-state index in [4.69, 9.17) is 11.5 Å². The Kier molecular flexibility index (Phi) is 3.97. The average Bonchev–Trinajstić information content (AvgIpc) is 2.49. The number of rotatable bonds is 4. The highest BCUT2D eigenvalue weighted by Crippen LogP contribution is 2.27. The highest BCUT2D eigenvalue weighted by molar-refractivity contribution is 7.89. The van der Waals surface area contributed by atoms with E-state index in [2.05, 4.69) is 16.3 Å². The van der Waals surface area contributed by atoms with Crippen molar-refractivity contribution in [2.75, 3.05) is 18.5 Å². The molecule has 7 heteroatoms. The van der Waals surface area contributed by atoms with Gasteiger partial charge in [0, 0.05) is 5.56 Å². The molecule has 2 rings (SSSR count). The largest absolute Gasteiger partial charge is 0.397 e. The fraction of sp³-hybridized carbons (Fsp3) is 0.0714. The third kappa shape index (κ3) is 3.04. The van der Waals surface area contributed by atoms with Crippen molar-refractivity contribution in [2.24, 2.45) is 0 Å². The van der Waals surface area contributed by atoms with E-state index in [9.17, 15) is 8.42 Å². The topological polar surface area (TPSA) is 111 Å². The minimum atomic E-state index is -3.45. The second kappa shape index (κ2) is 5.55. The molecule has 0 bridgehead atoms. The first-order valence-electron chi connectivity index (χ1n) is 6.09. The Hall–Kier alpha value is -2.38. The van der Waals surface area contributed by atoms with E-state index in [0.717, 1.165) is 5.56 Å². The predicted molar refractivity (Wildman–Crippen MR) is 83.9 cm³/mol. The molecule has 1 aromatic carbocycles. The minimum Gasteiger partial charge on any atom is -0.397 e. The molecule has 110 valence electrons. The number of nitrogens with zero attached hydrogens (tertiary/aromatic N) is 1. The molecule has 0 radical (unpaired) electrons. The van der Waals surface area contributed by atoms with Crippen LogP contribution in [-0.4, -0.2) is 20.4 Å². The summed E-state index contributed by atoms with van der Waals surface area (Å²) in [4.78, 5) is 4.08. The van der Waals surface area contributed by atoms with Gasteiger partial charge in [-0.15, -0.1) is 0 Å². The van der Waals surface area contributed by atoms with Crippen molar-refractivity contribution in [3.8, 4) is 0 Å². The van der Waals surface area contributed by atoms with E-state index in [1.165, 1.54) is 25.4 Å². The lowest BCUT2D eigenvalue weighted by Crippen LogP contribution is -2.18. The van der Waals surface area contributed by atoms with Crippen molar-refractivity contribution in [3.63, 3.8) is 0 Å². The molecule has 6 nitrogen and oxygen atoms in total. The summed E-state index contributed by atoms with van der Waals surface area (Å²) >= 11 is 0.